The first-order valence-electron chi connectivity index (χ1n) is 10.5. The zero-order valence-electron chi connectivity index (χ0n) is 18.0. The number of hydrogen-bond acceptors (Lipinski definition) is 7. The van der Waals surface area contributed by atoms with Gasteiger partial charge >= 0.3 is 0 Å². The topological polar surface area (TPSA) is 99.6 Å². The van der Waals surface area contributed by atoms with Crippen LogP contribution in [0.2, 0.25) is 0 Å². The van der Waals surface area contributed by atoms with Crippen molar-refractivity contribution < 1.29 is 18.9 Å². The van der Waals surface area contributed by atoms with Crippen molar-refractivity contribution in [3.8, 4) is 40.2 Å². The normalized spacial score (nSPS) is 14.2. The molecule has 2 aliphatic rings. The maximum atomic E-state index is 10.0. The summed E-state index contributed by atoms with van der Waals surface area (Å²) in [4.78, 5) is 4.68. The summed E-state index contributed by atoms with van der Waals surface area (Å²) in [6, 6.07) is 14.0. The minimum absolute atomic E-state index is 0.130. The van der Waals surface area contributed by atoms with E-state index in [9.17, 15) is 5.26 Å². The van der Waals surface area contributed by atoms with Gasteiger partial charge in [-0.05, 0) is 60.2 Å². The molecule has 2 N–H and O–H groups in total. The minimum Gasteiger partial charge on any atom is -0.497 e. The van der Waals surface area contributed by atoms with Crippen LogP contribution in [0.4, 0.5) is 5.82 Å². The van der Waals surface area contributed by atoms with Crippen molar-refractivity contribution in [2.24, 2.45) is 0 Å². The molecule has 1 fully saturated rings. The van der Waals surface area contributed by atoms with Gasteiger partial charge in [0.05, 0.1) is 19.9 Å². The maximum absolute atomic E-state index is 10.0. The predicted molar refractivity (Wildman–Crippen MR) is 119 cm³/mol. The summed E-state index contributed by atoms with van der Waals surface area (Å²) in [5.41, 5.74) is 11.3. The first-order chi connectivity index (χ1) is 15.6. The van der Waals surface area contributed by atoms with Crippen molar-refractivity contribution >= 4 is 5.82 Å². The van der Waals surface area contributed by atoms with Crippen LogP contribution in [0.3, 0.4) is 0 Å². The molecule has 0 atom stereocenters. The lowest BCUT2D eigenvalue weighted by Crippen LogP contribution is -2.08. The van der Waals surface area contributed by atoms with Gasteiger partial charge < -0.3 is 24.7 Å². The molecule has 162 valence electrons. The van der Waals surface area contributed by atoms with E-state index in [1.165, 1.54) is 0 Å². The monoisotopic (exact) mass is 429 g/mol. The summed E-state index contributed by atoms with van der Waals surface area (Å²) in [5, 5.41) is 10.0. The number of fused-ring (bicyclic) bond motifs is 1. The first kappa shape index (κ1) is 20.0. The molecule has 1 saturated carbocycles. The van der Waals surface area contributed by atoms with Crippen LogP contribution in [0.25, 0.3) is 11.1 Å². The standard InChI is InChI=1S/C25H23N3O4/c1-29-17-7-3-14(4-8-17)9-18-22(19(12-26)25(27)28-23(18)15-5-6-15)16-10-20(30-2)24-21(11-16)31-13-32-24/h3-4,7-8,10-11,15H,5-6,9,13H2,1-2H3,(H2,27,28). The molecule has 1 aliphatic heterocycles. The van der Waals surface area contributed by atoms with Crippen LogP contribution in [0, 0.1) is 11.3 Å². The van der Waals surface area contributed by atoms with Crippen LogP contribution < -0.4 is 24.7 Å². The number of nitrogens with two attached hydrogens (primary N) is 1. The Bertz CT molecular complexity index is 1230. The molecule has 1 aromatic heterocycles. The van der Waals surface area contributed by atoms with Gasteiger partial charge in [-0.25, -0.2) is 4.98 Å². The Balaban J connectivity index is 1.73. The molecule has 32 heavy (non-hydrogen) atoms. The Labute approximate surface area is 186 Å². The van der Waals surface area contributed by atoms with E-state index < -0.39 is 0 Å². The lowest BCUT2D eigenvalue weighted by Gasteiger charge is -2.19. The summed E-state index contributed by atoms with van der Waals surface area (Å²) >= 11 is 0. The second-order valence-electron chi connectivity index (χ2n) is 7.93. The van der Waals surface area contributed by atoms with E-state index in [0.29, 0.717) is 35.2 Å². The summed E-state index contributed by atoms with van der Waals surface area (Å²) in [6.45, 7) is 0.130. The first-order valence-corrected chi connectivity index (χ1v) is 10.5. The number of ether oxygens (including phenoxy) is 4. The van der Waals surface area contributed by atoms with E-state index in [-0.39, 0.29) is 12.6 Å². The minimum atomic E-state index is 0.130. The van der Waals surface area contributed by atoms with Gasteiger partial charge in [-0.1, -0.05) is 12.1 Å². The van der Waals surface area contributed by atoms with E-state index in [1.54, 1.807) is 14.2 Å². The van der Waals surface area contributed by atoms with Crippen molar-refractivity contribution in [3.63, 3.8) is 0 Å². The second kappa shape index (κ2) is 7.97. The van der Waals surface area contributed by atoms with Crippen molar-refractivity contribution in [1.82, 2.24) is 4.98 Å². The number of methoxy groups -OCH3 is 2. The van der Waals surface area contributed by atoms with Gasteiger partial charge in [0.1, 0.15) is 23.2 Å². The van der Waals surface area contributed by atoms with Gasteiger partial charge in [0, 0.05) is 11.5 Å². The molecule has 7 nitrogen and oxygen atoms in total. The quantitative estimate of drug-likeness (QED) is 0.619. The number of nitrogen functional groups attached to an aromatic ring is 1. The fourth-order valence-corrected chi connectivity index (χ4v) is 4.19. The molecule has 0 spiro atoms. The molecule has 1 aliphatic carbocycles. The molecule has 0 bridgehead atoms. The molecule has 2 aromatic carbocycles. The molecule has 3 aromatic rings. The number of pyridine rings is 1. The number of nitriles is 1. The van der Waals surface area contributed by atoms with E-state index in [1.807, 2.05) is 36.4 Å². The lowest BCUT2D eigenvalue weighted by atomic mass is 9.89. The smallest absolute Gasteiger partial charge is 0.231 e. The highest BCUT2D eigenvalue weighted by Gasteiger charge is 2.32. The number of benzene rings is 2. The molecule has 0 saturated heterocycles. The van der Waals surface area contributed by atoms with Gasteiger partial charge in [0.15, 0.2) is 11.5 Å². The molecule has 2 heterocycles. The molecular formula is C25H23N3O4. The molecule has 0 unspecified atom stereocenters. The van der Waals surface area contributed by atoms with Crippen LogP contribution in [0.5, 0.6) is 23.0 Å². The fourth-order valence-electron chi connectivity index (χ4n) is 4.19. The van der Waals surface area contributed by atoms with Crippen molar-refractivity contribution in [2.45, 2.75) is 25.2 Å². The number of hydrogen-bond donors (Lipinski definition) is 1. The zero-order valence-corrected chi connectivity index (χ0v) is 18.0. The summed E-state index contributed by atoms with van der Waals surface area (Å²) in [6.07, 6.45) is 2.75. The molecule has 7 heteroatoms. The van der Waals surface area contributed by atoms with Crippen molar-refractivity contribution in [2.75, 3.05) is 26.7 Å². The average Bonchev–Trinajstić information content (AvgIpc) is 3.55. The number of aromatic nitrogens is 1. The molecular weight excluding hydrogens is 406 g/mol. The fraction of sp³-hybridized carbons (Fsp3) is 0.280. The van der Waals surface area contributed by atoms with Crippen molar-refractivity contribution in [3.05, 3.63) is 58.8 Å². The summed E-state index contributed by atoms with van der Waals surface area (Å²) in [5.74, 6) is 3.10. The third-order valence-corrected chi connectivity index (χ3v) is 5.92. The van der Waals surface area contributed by atoms with Gasteiger partial charge in [0.25, 0.3) is 0 Å². The van der Waals surface area contributed by atoms with E-state index in [4.69, 9.17) is 24.7 Å². The Morgan fingerprint density at radius 3 is 2.56 bits per heavy atom. The van der Waals surface area contributed by atoms with Crippen LogP contribution >= 0.6 is 0 Å². The van der Waals surface area contributed by atoms with Gasteiger partial charge in [-0.15, -0.1) is 0 Å². The molecule has 5 rings (SSSR count). The van der Waals surface area contributed by atoms with Crippen LogP contribution in [-0.4, -0.2) is 26.0 Å². The van der Waals surface area contributed by atoms with E-state index in [0.717, 1.165) is 46.5 Å². The highest BCUT2D eigenvalue weighted by Crippen LogP contribution is 2.49. The third kappa shape index (κ3) is 3.44. The third-order valence-electron chi connectivity index (χ3n) is 5.92. The second-order valence-corrected chi connectivity index (χ2v) is 7.93. The average molecular weight is 429 g/mol. The van der Waals surface area contributed by atoms with Gasteiger partial charge in [0.2, 0.25) is 12.5 Å². The van der Waals surface area contributed by atoms with E-state index in [2.05, 4.69) is 11.1 Å². The highest BCUT2D eigenvalue weighted by molar-refractivity contribution is 5.82. The zero-order chi connectivity index (χ0) is 22.2. The maximum Gasteiger partial charge on any atom is 0.231 e. The summed E-state index contributed by atoms with van der Waals surface area (Å²) in [7, 11) is 3.23. The number of anilines is 1. The number of rotatable bonds is 6. The Hall–Kier alpha value is -3.92. The van der Waals surface area contributed by atoms with Gasteiger partial charge in [-0.2, -0.15) is 5.26 Å². The van der Waals surface area contributed by atoms with Gasteiger partial charge in [-0.3, -0.25) is 0 Å². The molecule has 0 radical (unpaired) electrons. The number of nitrogens with zero attached hydrogens (tertiary/aromatic N) is 2. The SMILES string of the molecule is COc1ccc(Cc2c(C3CC3)nc(N)c(C#N)c2-c2cc(OC)c3c(c2)OCO3)cc1. The van der Waals surface area contributed by atoms with E-state index >= 15 is 0 Å². The predicted octanol–water partition coefficient (Wildman–Crippen LogP) is 4.42. The van der Waals surface area contributed by atoms with Crippen LogP contribution in [0.15, 0.2) is 36.4 Å². The Morgan fingerprint density at radius 1 is 1.12 bits per heavy atom. The Kier molecular flexibility index (Phi) is 4.98. The van der Waals surface area contributed by atoms with Crippen LogP contribution in [0.1, 0.15) is 41.1 Å². The van der Waals surface area contributed by atoms with Crippen LogP contribution in [-0.2, 0) is 6.42 Å². The highest BCUT2D eigenvalue weighted by atomic mass is 16.7. The van der Waals surface area contributed by atoms with Crippen molar-refractivity contribution in [1.29, 1.82) is 5.26 Å². The largest absolute Gasteiger partial charge is 0.497 e. The molecule has 0 amide bonds. The lowest BCUT2D eigenvalue weighted by molar-refractivity contribution is 0.171. The summed E-state index contributed by atoms with van der Waals surface area (Å²) < 4.78 is 22.0. The Morgan fingerprint density at radius 2 is 1.91 bits per heavy atom.